The lowest BCUT2D eigenvalue weighted by atomic mass is 9.85. The maximum atomic E-state index is 12.7. The van der Waals surface area contributed by atoms with Gasteiger partial charge in [-0.25, -0.2) is 0 Å². The number of furan rings is 1. The molecule has 0 spiro atoms. The number of Topliss-reactive ketones (excluding diaryl/α,β-unsaturated/α-hetero) is 1. The molecule has 3 unspecified atom stereocenters. The quantitative estimate of drug-likeness (QED) is 0.851. The average Bonchev–Trinajstić information content (AvgIpc) is 3.11. The highest BCUT2D eigenvalue weighted by Crippen LogP contribution is 2.34. The summed E-state index contributed by atoms with van der Waals surface area (Å²) in [7, 11) is 0. The lowest BCUT2D eigenvalue weighted by molar-refractivity contribution is 0.0923. The van der Waals surface area contributed by atoms with E-state index in [1.807, 2.05) is 31.2 Å². The highest BCUT2D eigenvalue weighted by atomic mass is 16.3. The highest BCUT2D eigenvalue weighted by molar-refractivity contribution is 6.01. The predicted octanol–water partition coefficient (Wildman–Crippen LogP) is 3.84. The Morgan fingerprint density at radius 3 is 2.95 bits per heavy atom. The summed E-state index contributed by atoms with van der Waals surface area (Å²) in [4.78, 5) is 12.7. The first-order chi connectivity index (χ1) is 10.2. The summed E-state index contributed by atoms with van der Waals surface area (Å²) in [5.74, 6) is 1.31. The number of nitrogens with one attached hydrogen (secondary N) is 1. The topological polar surface area (TPSA) is 42.2 Å². The summed E-state index contributed by atoms with van der Waals surface area (Å²) in [5, 5.41) is 4.56. The molecule has 1 aromatic carbocycles. The largest absolute Gasteiger partial charge is 0.453 e. The van der Waals surface area contributed by atoms with E-state index in [2.05, 4.69) is 5.32 Å². The van der Waals surface area contributed by atoms with E-state index < -0.39 is 0 Å². The molecule has 1 aliphatic carbocycles. The Balaban J connectivity index is 1.60. The molecular weight excluding hydrogens is 262 g/mol. The fraction of sp³-hybridized carbons (Fsp3) is 0.500. The number of carbonyl (C=O) groups is 1. The number of carbonyl (C=O) groups excluding carboxylic acids is 1. The molecule has 3 heteroatoms. The zero-order valence-corrected chi connectivity index (χ0v) is 12.4. The van der Waals surface area contributed by atoms with E-state index in [1.165, 1.54) is 25.7 Å². The van der Waals surface area contributed by atoms with Gasteiger partial charge in [-0.15, -0.1) is 0 Å². The number of benzene rings is 1. The van der Waals surface area contributed by atoms with Gasteiger partial charge in [-0.2, -0.15) is 0 Å². The summed E-state index contributed by atoms with van der Waals surface area (Å²) < 4.78 is 5.84. The van der Waals surface area contributed by atoms with E-state index in [0.717, 1.165) is 23.0 Å². The maximum Gasteiger partial charge on any atom is 0.214 e. The second-order valence-corrected chi connectivity index (χ2v) is 6.57. The number of fused-ring (bicyclic) bond motifs is 2. The zero-order chi connectivity index (χ0) is 14.4. The minimum atomic E-state index is -0.0565. The van der Waals surface area contributed by atoms with Crippen LogP contribution in [0.5, 0.6) is 0 Å². The van der Waals surface area contributed by atoms with Crippen molar-refractivity contribution >= 4 is 16.8 Å². The third-order valence-electron chi connectivity index (χ3n) is 5.16. The van der Waals surface area contributed by atoms with Gasteiger partial charge in [-0.1, -0.05) is 31.0 Å². The van der Waals surface area contributed by atoms with Crippen LogP contribution >= 0.6 is 0 Å². The molecule has 2 fully saturated rings. The van der Waals surface area contributed by atoms with Crippen molar-refractivity contribution in [3.8, 4) is 0 Å². The van der Waals surface area contributed by atoms with Crippen LogP contribution in [-0.4, -0.2) is 17.9 Å². The third kappa shape index (κ3) is 2.20. The van der Waals surface area contributed by atoms with Crippen LogP contribution in [0.25, 0.3) is 11.0 Å². The monoisotopic (exact) mass is 283 g/mol. The molecule has 1 saturated heterocycles. The second-order valence-electron chi connectivity index (χ2n) is 6.57. The van der Waals surface area contributed by atoms with E-state index in [0.29, 0.717) is 17.7 Å². The summed E-state index contributed by atoms with van der Waals surface area (Å²) in [5.41, 5.74) is 1.93. The molecule has 2 aromatic rings. The molecule has 2 aliphatic rings. The van der Waals surface area contributed by atoms with Crippen molar-refractivity contribution in [1.82, 2.24) is 5.32 Å². The van der Waals surface area contributed by atoms with Crippen LogP contribution in [0.3, 0.4) is 0 Å². The standard InChI is InChI=1S/C18H21NO2/c1-11-5-4-7-13-10-16(21-18(11)13)17(20)15-9-12-6-2-3-8-14(12)19-15/h4-5,7,10,12,14-15,19H,2-3,6,8-9H2,1H3. The number of aryl methyl sites for hydroxylation is 1. The maximum absolute atomic E-state index is 12.7. The van der Waals surface area contributed by atoms with Gasteiger partial charge in [0.2, 0.25) is 5.78 Å². The number of hydrogen-bond donors (Lipinski definition) is 1. The van der Waals surface area contributed by atoms with Gasteiger partial charge < -0.3 is 9.73 Å². The Kier molecular flexibility index (Phi) is 3.11. The summed E-state index contributed by atoms with van der Waals surface area (Å²) in [6.45, 7) is 2.02. The number of hydrogen-bond acceptors (Lipinski definition) is 3. The smallest absolute Gasteiger partial charge is 0.214 e. The van der Waals surface area contributed by atoms with E-state index >= 15 is 0 Å². The molecule has 1 aromatic heterocycles. The van der Waals surface area contributed by atoms with Crippen molar-refractivity contribution in [2.75, 3.05) is 0 Å². The molecular formula is C18H21NO2. The normalized spacial score (nSPS) is 28.7. The van der Waals surface area contributed by atoms with Gasteiger partial charge in [0.25, 0.3) is 0 Å². The van der Waals surface area contributed by atoms with Crippen LogP contribution in [0.1, 0.15) is 48.2 Å². The fourth-order valence-corrected chi connectivity index (χ4v) is 4.02. The lowest BCUT2D eigenvalue weighted by Crippen LogP contribution is -2.37. The van der Waals surface area contributed by atoms with Crippen LogP contribution in [0, 0.1) is 12.8 Å². The highest BCUT2D eigenvalue weighted by Gasteiger charge is 2.39. The van der Waals surface area contributed by atoms with Crippen molar-refractivity contribution < 1.29 is 9.21 Å². The molecule has 21 heavy (non-hydrogen) atoms. The van der Waals surface area contributed by atoms with Crippen LogP contribution in [-0.2, 0) is 0 Å². The van der Waals surface area contributed by atoms with Gasteiger partial charge in [0.05, 0.1) is 6.04 Å². The minimum Gasteiger partial charge on any atom is -0.453 e. The molecule has 1 N–H and O–H groups in total. The van der Waals surface area contributed by atoms with Crippen molar-refractivity contribution in [3.05, 3.63) is 35.6 Å². The van der Waals surface area contributed by atoms with E-state index in [4.69, 9.17) is 4.42 Å². The molecule has 1 saturated carbocycles. The van der Waals surface area contributed by atoms with Crippen molar-refractivity contribution in [2.45, 2.75) is 51.1 Å². The molecule has 3 atom stereocenters. The zero-order valence-electron chi connectivity index (χ0n) is 12.4. The van der Waals surface area contributed by atoms with Crippen molar-refractivity contribution in [1.29, 1.82) is 0 Å². The Bertz CT molecular complexity index is 674. The molecule has 0 amide bonds. The summed E-state index contributed by atoms with van der Waals surface area (Å²) >= 11 is 0. The van der Waals surface area contributed by atoms with Gasteiger partial charge in [0, 0.05) is 11.4 Å². The molecule has 110 valence electrons. The van der Waals surface area contributed by atoms with Gasteiger partial charge in [0.15, 0.2) is 5.76 Å². The fourth-order valence-electron chi connectivity index (χ4n) is 4.02. The van der Waals surface area contributed by atoms with Crippen LogP contribution in [0.2, 0.25) is 0 Å². The number of para-hydroxylation sites is 1. The Morgan fingerprint density at radius 1 is 1.29 bits per heavy atom. The molecule has 3 nitrogen and oxygen atoms in total. The van der Waals surface area contributed by atoms with Crippen LogP contribution in [0.4, 0.5) is 0 Å². The van der Waals surface area contributed by atoms with E-state index in [1.54, 1.807) is 0 Å². The lowest BCUT2D eigenvalue weighted by Gasteiger charge is -2.24. The number of ketones is 1. The first kappa shape index (κ1) is 13.1. The summed E-state index contributed by atoms with van der Waals surface area (Å²) in [6.07, 6.45) is 6.06. The molecule has 0 radical (unpaired) electrons. The molecule has 2 heterocycles. The average molecular weight is 283 g/mol. The Hall–Kier alpha value is -1.61. The molecule has 1 aliphatic heterocycles. The van der Waals surface area contributed by atoms with Gasteiger partial charge in [-0.05, 0) is 43.7 Å². The second kappa shape index (κ2) is 4.99. The predicted molar refractivity (Wildman–Crippen MR) is 82.6 cm³/mol. The van der Waals surface area contributed by atoms with Gasteiger partial charge in [-0.3, -0.25) is 4.79 Å². The van der Waals surface area contributed by atoms with E-state index in [9.17, 15) is 4.79 Å². The van der Waals surface area contributed by atoms with Gasteiger partial charge >= 0.3 is 0 Å². The Morgan fingerprint density at radius 2 is 2.14 bits per heavy atom. The first-order valence-electron chi connectivity index (χ1n) is 8.02. The molecule has 4 rings (SSSR count). The van der Waals surface area contributed by atoms with Crippen molar-refractivity contribution in [2.24, 2.45) is 5.92 Å². The van der Waals surface area contributed by atoms with E-state index in [-0.39, 0.29) is 11.8 Å². The first-order valence-corrected chi connectivity index (χ1v) is 8.02. The summed E-state index contributed by atoms with van der Waals surface area (Å²) in [6, 6.07) is 8.41. The van der Waals surface area contributed by atoms with Crippen molar-refractivity contribution in [3.63, 3.8) is 0 Å². The molecule has 0 bridgehead atoms. The Labute approximate surface area is 124 Å². The van der Waals surface area contributed by atoms with Crippen LogP contribution < -0.4 is 5.32 Å². The number of rotatable bonds is 2. The SMILES string of the molecule is Cc1cccc2cc(C(=O)C3CC4CCCCC4N3)oc12. The van der Waals surface area contributed by atoms with Crippen LogP contribution in [0.15, 0.2) is 28.7 Å². The third-order valence-corrected chi connectivity index (χ3v) is 5.16. The van der Waals surface area contributed by atoms with Gasteiger partial charge in [0.1, 0.15) is 5.58 Å². The minimum absolute atomic E-state index is 0.0565.